The van der Waals surface area contributed by atoms with Gasteiger partial charge in [-0.2, -0.15) is 5.10 Å². The summed E-state index contributed by atoms with van der Waals surface area (Å²) in [5.74, 6) is 0.424. The summed E-state index contributed by atoms with van der Waals surface area (Å²) in [7, 11) is 0. The molecule has 0 spiro atoms. The van der Waals surface area contributed by atoms with Crippen LogP contribution in [0.2, 0.25) is 0 Å². The second-order valence-corrected chi connectivity index (χ2v) is 5.96. The van der Waals surface area contributed by atoms with Crippen LogP contribution in [-0.4, -0.2) is 31.1 Å². The molecule has 0 aliphatic heterocycles. The highest BCUT2D eigenvalue weighted by Crippen LogP contribution is 2.26. The number of fused-ring (bicyclic) bond motifs is 2. The molecule has 4 N–H and O–H groups in total. The van der Waals surface area contributed by atoms with E-state index < -0.39 is 0 Å². The molecule has 0 aliphatic rings. The Balaban J connectivity index is 1.51. The molecular formula is C19H14N6O. The number of rotatable bonds is 3. The molecule has 7 heteroatoms. The fraction of sp³-hybridized carbons (Fsp3) is 0. The number of anilines is 1. The van der Waals surface area contributed by atoms with Gasteiger partial charge in [-0.1, -0.05) is 18.2 Å². The normalized spacial score (nSPS) is 11.2. The number of amides is 1. The van der Waals surface area contributed by atoms with E-state index in [2.05, 4.69) is 30.5 Å². The van der Waals surface area contributed by atoms with Crippen LogP contribution < -0.4 is 5.32 Å². The predicted octanol–water partition coefficient (Wildman–Crippen LogP) is 3.69. The van der Waals surface area contributed by atoms with E-state index in [-0.39, 0.29) is 5.91 Å². The number of H-pyrrole nitrogens is 3. The van der Waals surface area contributed by atoms with Gasteiger partial charge < -0.3 is 15.3 Å². The van der Waals surface area contributed by atoms with Crippen molar-refractivity contribution in [2.75, 3.05) is 5.32 Å². The van der Waals surface area contributed by atoms with Crippen molar-refractivity contribution < 1.29 is 4.79 Å². The first kappa shape index (κ1) is 14.5. The molecule has 0 unspecified atom stereocenters. The second-order valence-electron chi connectivity index (χ2n) is 5.96. The van der Waals surface area contributed by atoms with Gasteiger partial charge in [0, 0.05) is 22.7 Å². The number of nitrogens with one attached hydrogen (secondary N) is 4. The van der Waals surface area contributed by atoms with E-state index in [4.69, 9.17) is 0 Å². The average Bonchev–Trinajstić information content (AvgIpc) is 3.39. The van der Waals surface area contributed by atoms with Crippen LogP contribution in [0.1, 0.15) is 10.4 Å². The molecule has 26 heavy (non-hydrogen) atoms. The van der Waals surface area contributed by atoms with Crippen molar-refractivity contribution in [3.63, 3.8) is 0 Å². The number of carbonyl (C=O) groups is 1. The maximum atomic E-state index is 12.8. The summed E-state index contributed by atoms with van der Waals surface area (Å²) in [5.41, 5.74) is 4.50. The molecule has 126 valence electrons. The molecule has 3 aromatic heterocycles. The Morgan fingerprint density at radius 3 is 2.81 bits per heavy atom. The van der Waals surface area contributed by atoms with Crippen LogP contribution in [0, 0.1) is 0 Å². The van der Waals surface area contributed by atoms with Gasteiger partial charge in [0.1, 0.15) is 5.69 Å². The molecule has 1 amide bonds. The first-order chi connectivity index (χ1) is 12.8. The van der Waals surface area contributed by atoms with Crippen molar-refractivity contribution >= 4 is 33.5 Å². The molecule has 5 rings (SSSR count). The summed E-state index contributed by atoms with van der Waals surface area (Å²) in [6, 6.07) is 15.2. The molecule has 0 radical (unpaired) electrons. The Morgan fingerprint density at radius 1 is 1.00 bits per heavy atom. The van der Waals surface area contributed by atoms with Gasteiger partial charge in [-0.25, -0.2) is 4.98 Å². The maximum Gasteiger partial charge on any atom is 0.256 e. The van der Waals surface area contributed by atoms with Crippen molar-refractivity contribution in [2.45, 2.75) is 0 Å². The van der Waals surface area contributed by atoms with Crippen molar-refractivity contribution in [1.29, 1.82) is 0 Å². The van der Waals surface area contributed by atoms with Crippen LogP contribution in [0.5, 0.6) is 0 Å². The fourth-order valence-corrected chi connectivity index (χ4v) is 3.11. The molecule has 0 fully saturated rings. The van der Waals surface area contributed by atoms with E-state index >= 15 is 0 Å². The predicted molar refractivity (Wildman–Crippen MR) is 99.9 cm³/mol. The monoisotopic (exact) mass is 342 g/mol. The second kappa shape index (κ2) is 5.59. The van der Waals surface area contributed by atoms with Crippen LogP contribution in [0.3, 0.4) is 0 Å². The Morgan fingerprint density at radius 2 is 1.88 bits per heavy atom. The number of para-hydroxylation sites is 2. The minimum absolute atomic E-state index is 0.200. The Labute approximate surface area is 147 Å². The molecule has 0 aliphatic carbocycles. The van der Waals surface area contributed by atoms with Crippen LogP contribution in [-0.2, 0) is 0 Å². The fourth-order valence-electron chi connectivity index (χ4n) is 3.11. The zero-order chi connectivity index (χ0) is 17.5. The maximum absolute atomic E-state index is 12.8. The molecule has 0 atom stereocenters. The van der Waals surface area contributed by atoms with E-state index in [9.17, 15) is 4.79 Å². The van der Waals surface area contributed by atoms with Gasteiger partial charge in [0.15, 0.2) is 5.82 Å². The molecule has 7 nitrogen and oxygen atoms in total. The average molecular weight is 342 g/mol. The summed E-state index contributed by atoms with van der Waals surface area (Å²) in [4.78, 5) is 23.7. The third kappa shape index (κ3) is 2.26. The quantitative estimate of drug-likeness (QED) is 0.402. The summed E-state index contributed by atoms with van der Waals surface area (Å²) in [5, 5.41) is 10.8. The lowest BCUT2D eigenvalue weighted by molar-refractivity contribution is 0.102. The van der Waals surface area contributed by atoms with E-state index in [1.807, 2.05) is 48.7 Å². The number of hydrogen-bond donors (Lipinski definition) is 4. The Kier molecular flexibility index (Phi) is 3.11. The van der Waals surface area contributed by atoms with Gasteiger partial charge in [0.25, 0.3) is 5.91 Å². The number of carbonyl (C=O) groups excluding carboxylic acids is 1. The molecule has 0 saturated carbocycles. The minimum Gasteiger partial charge on any atom is -0.361 e. The van der Waals surface area contributed by atoms with Crippen molar-refractivity contribution in [3.8, 4) is 11.5 Å². The Hall–Kier alpha value is -3.87. The van der Waals surface area contributed by atoms with Crippen LogP contribution in [0.15, 0.2) is 60.9 Å². The summed E-state index contributed by atoms with van der Waals surface area (Å²) in [6.45, 7) is 0. The standard InChI is InChI=1S/C19H14N6O/c26-19(12-4-3-7-13-11(12)8-9-20-13)24-16-10-21-25-17(16)18-22-14-5-1-2-6-15(14)23-18/h1-10,20H,(H,21,25)(H,22,23)(H,24,26). The minimum atomic E-state index is -0.200. The third-order valence-electron chi connectivity index (χ3n) is 4.35. The van der Waals surface area contributed by atoms with Gasteiger partial charge in [0.05, 0.1) is 22.9 Å². The molecular weight excluding hydrogens is 328 g/mol. The number of aromatic nitrogens is 5. The van der Waals surface area contributed by atoms with Crippen molar-refractivity contribution in [3.05, 3.63) is 66.5 Å². The van der Waals surface area contributed by atoms with E-state index in [0.717, 1.165) is 21.9 Å². The number of hydrogen-bond acceptors (Lipinski definition) is 3. The summed E-state index contributed by atoms with van der Waals surface area (Å²) < 4.78 is 0. The van der Waals surface area contributed by atoms with Crippen LogP contribution in [0.25, 0.3) is 33.5 Å². The number of benzene rings is 2. The first-order valence-electron chi connectivity index (χ1n) is 8.15. The summed E-state index contributed by atoms with van der Waals surface area (Å²) >= 11 is 0. The van der Waals surface area contributed by atoms with E-state index in [0.29, 0.717) is 22.8 Å². The van der Waals surface area contributed by atoms with Gasteiger partial charge in [-0.15, -0.1) is 0 Å². The number of nitrogens with zero attached hydrogens (tertiary/aromatic N) is 2. The van der Waals surface area contributed by atoms with E-state index in [1.165, 1.54) is 0 Å². The van der Waals surface area contributed by atoms with Gasteiger partial charge in [0.2, 0.25) is 0 Å². The molecule has 0 bridgehead atoms. The molecule has 5 aromatic rings. The highest BCUT2D eigenvalue weighted by Gasteiger charge is 2.16. The summed E-state index contributed by atoms with van der Waals surface area (Å²) in [6.07, 6.45) is 3.40. The number of imidazole rings is 1. The molecule has 0 saturated heterocycles. The van der Waals surface area contributed by atoms with Crippen LogP contribution in [0.4, 0.5) is 5.69 Å². The highest BCUT2D eigenvalue weighted by molar-refractivity contribution is 6.13. The first-order valence-corrected chi connectivity index (χ1v) is 8.15. The van der Waals surface area contributed by atoms with Gasteiger partial charge in [-0.3, -0.25) is 9.89 Å². The third-order valence-corrected chi connectivity index (χ3v) is 4.35. The molecule has 2 aromatic carbocycles. The topological polar surface area (TPSA) is 102 Å². The van der Waals surface area contributed by atoms with E-state index in [1.54, 1.807) is 12.3 Å². The number of aromatic amines is 3. The lowest BCUT2D eigenvalue weighted by Crippen LogP contribution is -2.12. The SMILES string of the molecule is O=C(Nc1cn[nH]c1-c1nc2ccccc2[nH]1)c1cccc2[nH]ccc12. The Bertz CT molecular complexity index is 1210. The molecule has 3 heterocycles. The highest BCUT2D eigenvalue weighted by atomic mass is 16.1. The zero-order valence-corrected chi connectivity index (χ0v) is 13.6. The van der Waals surface area contributed by atoms with Gasteiger partial charge in [-0.05, 0) is 30.3 Å². The lowest BCUT2D eigenvalue weighted by atomic mass is 10.1. The largest absolute Gasteiger partial charge is 0.361 e. The van der Waals surface area contributed by atoms with Crippen molar-refractivity contribution in [2.24, 2.45) is 0 Å². The smallest absolute Gasteiger partial charge is 0.256 e. The van der Waals surface area contributed by atoms with Gasteiger partial charge >= 0.3 is 0 Å². The zero-order valence-electron chi connectivity index (χ0n) is 13.6. The van der Waals surface area contributed by atoms with Crippen LogP contribution >= 0.6 is 0 Å². The lowest BCUT2D eigenvalue weighted by Gasteiger charge is -2.06. The van der Waals surface area contributed by atoms with Crippen molar-refractivity contribution in [1.82, 2.24) is 25.1 Å².